The monoisotopic (exact) mass is 624 g/mol. The molecule has 0 saturated heterocycles. The van der Waals surface area contributed by atoms with Gasteiger partial charge in [0.2, 0.25) is 0 Å². The molecule has 10 heteroatoms. The van der Waals surface area contributed by atoms with Gasteiger partial charge in [-0.3, -0.25) is 0 Å². The van der Waals surface area contributed by atoms with Crippen LogP contribution < -0.4 is 0 Å². The number of fused-ring (bicyclic) bond motifs is 20. The first kappa shape index (κ1) is 25.7. The van der Waals surface area contributed by atoms with Crippen LogP contribution in [-0.2, 0) is 17.1 Å². The Bertz CT molecular complexity index is 2430. The van der Waals surface area contributed by atoms with Crippen LogP contribution in [0.25, 0.3) is 89.7 Å². The van der Waals surface area contributed by atoms with Crippen molar-refractivity contribution in [1.82, 2.24) is 39.9 Å². The van der Waals surface area contributed by atoms with E-state index in [1.165, 1.54) is 0 Å². The van der Waals surface area contributed by atoms with E-state index >= 15 is 0 Å². The van der Waals surface area contributed by atoms with Gasteiger partial charge in [0.25, 0.3) is 0 Å². The van der Waals surface area contributed by atoms with Crippen LogP contribution in [0.5, 0.6) is 0 Å². The summed E-state index contributed by atoms with van der Waals surface area (Å²) in [5.41, 5.74) is 6.98. The summed E-state index contributed by atoms with van der Waals surface area (Å²) >= 11 is 6.30. The number of rotatable bonds is 1. The molecule has 9 rings (SSSR count). The summed E-state index contributed by atoms with van der Waals surface area (Å²) in [7, 11) is 0. The van der Waals surface area contributed by atoms with Crippen LogP contribution >= 0.6 is 11.6 Å². The van der Waals surface area contributed by atoms with E-state index in [2.05, 4.69) is 9.97 Å². The zero-order valence-corrected chi connectivity index (χ0v) is 23.8. The van der Waals surface area contributed by atoms with Crippen molar-refractivity contribution in [2.45, 2.75) is 0 Å². The average molecular weight is 626 g/mol. The van der Waals surface area contributed by atoms with E-state index in [0.717, 1.165) is 49.4 Å². The molecule has 0 saturated carbocycles. The Kier molecular flexibility index (Phi) is 5.87. The number of aromatic amines is 2. The summed E-state index contributed by atoms with van der Waals surface area (Å²) in [5, 5.41) is 3.60. The number of hydrogen-bond acceptors (Lipinski definition) is 6. The third-order valence-corrected chi connectivity index (χ3v) is 7.96. The number of aromatic nitrogens is 8. The van der Waals surface area contributed by atoms with E-state index in [-0.39, 0.29) is 17.1 Å². The summed E-state index contributed by atoms with van der Waals surface area (Å²) < 4.78 is 0. The standard InChI is InChI=1S/C33H18ClN8.Cu/c34-16-17-8-7-15-24-25(17)33-41-31-23-14-6-5-13-22(23)29(39-31)37-27-19-10-2-1-9-18(19)26(35-27)36-28-20-11-3-4-12-21(20)30(38-28)40-32(24)42-33;/h1-16H,(H2,35,36,37,38,39,40,41,42);. The van der Waals surface area contributed by atoms with Crippen molar-refractivity contribution in [2.24, 2.45) is 0 Å². The number of H-pyrrole nitrogens is 2. The fourth-order valence-corrected chi connectivity index (χ4v) is 5.99. The fraction of sp³-hybridized carbons (Fsp3) is 0. The van der Waals surface area contributed by atoms with Gasteiger partial charge in [-0.2, -0.15) is 0 Å². The Morgan fingerprint density at radius 3 is 1.33 bits per heavy atom. The van der Waals surface area contributed by atoms with Crippen LogP contribution in [0.2, 0.25) is 0 Å². The van der Waals surface area contributed by atoms with Gasteiger partial charge in [0.15, 0.2) is 23.3 Å². The smallest absolute Gasteiger partial charge is 0.164 e. The van der Waals surface area contributed by atoms with Gasteiger partial charge in [-0.1, -0.05) is 91.0 Å². The summed E-state index contributed by atoms with van der Waals surface area (Å²) in [6.07, 6.45) is 0. The van der Waals surface area contributed by atoms with Crippen molar-refractivity contribution in [3.63, 3.8) is 0 Å². The van der Waals surface area contributed by atoms with Crippen LogP contribution in [0.1, 0.15) is 5.56 Å². The quantitative estimate of drug-likeness (QED) is 0.182. The van der Waals surface area contributed by atoms with Crippen molar-refractivity contribution in [3.8, 4) is 45.6 Å². The Hall–Kier alpha value is -4.95. The Labute approximate surface area is 259 Å². The number of nitrogens with zero attached hydrogens (tertiary/aromatic N) is 6. The zero-order chi connectivity index (χ0) is 27.8. The molecule has 8 bridgehead atoms. The first-order valence-electron chi connectivity index (χ1n) is 13.4. The van der Waals surface area contributed by atoms with Gasteiger partial charge in [-0.15, -0.1) is 11.6 Å². The molecule has 0 fully saturated rings. The maximum Gasteiger partial charge on any atom is 0.164 e. The van der Waals surface area contributed by atoms with Crippen molar-refractivity contribution >= 4 is 55.7 Å². The molecule has 208 valence electrons. The summed E-state index contributed by atoms with van der Waals surface area (Å²) in [4.78, 5) is 36.8. The maximum absolute atomic E-state index is 6.30. The molecule has 2 aliphatic rings. The van der Waals surface area contributed by atoms with Gasteiger partial charge in [0.05, 0.1) is 5.88 Å². The Morgan fingerprint density at radius 1 is 0.442 bits per heavy atom. The minimum absolute atomic E-state index is 0. The van der Waals surface area contributed by atoms with Gasteiger partial charge in [0, 0.05) is 60.9 Å². The first-order chi connectivity index (χ1) is 20.7. The van der Waals surface area contributed by atoms with Crippen molar-refractivity contribution < 1.29 is 17.1 Å². The normalized spacial score (nSPS) is 11.7. The molecule has 4 aromatic carbocycles. The molecule has 3 aromatic heterocycles. The van der Waals surface area contributed by atoms with Crippen LogP contribution in [0.15, 0.2) is 91.0 Å². The van der Waals surface area contributed by atoms with E-state index in [0.29, 0.717) is 45.9 Å². The van der Waals surface area contributed by atoms with E-state index in [1.54, 1.807) is 5.88 Å². The first-order valence-corrected chi connectivity index (χ1v) is 13.9. The zero-order valence-electron chi connectivity index (χ0n) is 22.1. The third kappa shape index (κ3) is 3.90. The molecule has 0 atom stereocenters. The molecule has 0 spiro atoms. The van der Waals surface area contributed by atoms with E-state index < -0.39 is 0 Å². The largest absolute Gasteiger partial charge is 0.324 e. The third-order valence-electron chi connectivity index (χ3n) is 7.73. The summed E-state index contributed by atoms with van der Waals surface area (Å²) in [5.74, 6) is 3.81. The molecule has 5 heterocycles. The molecule has 0 amide bonds. The van der Waals surface area contributed by atoms with E-state index in [9.17, 15) is 0 Å². The van der Waals surface area contributed by atoms with Gasteiger partial charge in [-0.05, 0) is 5.56 Å². The van der Waals surface area contributed by atoms with Crippen LogP contribution in [-0.4, -0.2) is 39.9 Å². The fourth-order valence-electron chi connectivity index (χ4n) is 5.81. The SMILES string of the molecule is Cl[CH]c1cccc2c3nc4nc(nc5[nH]c(nc6nc(nc([nH]3)c12)-c1ccccc1-6)c1ccccc51)-c1ccccc1-4.[Cu]. The molecule has 43 heavy (non-hydrogen) atoms. The molecule has 0 unspecified atom stereocenters. The van der Waals surface area contributed by atoms with Crippen LogP contribution in [0.3, 0.4) is 0 Å². The molecule has 2 aliphatic heterocycles. The molecular formula is C33H18ClCuN8. The molecule has 0 aliphatic carbocycles. The van der Waals surface area contributed by atoms with E-state index in [1.807, 2.05) is 91.0 Å². The van der Waals surface area contributed by atoms with Crippen molar-refractivity contribution in [1.29, 1.82) is 0 Å². The van der Waals surface area contributed by atoms with Crippen molar-refractivity contribution in [3.05, 3.63) is 102 Å². The van der Waals surface area contributed by atoms with Gasteiger partial charge in [-0.25, -0.2) is 29.9 Å². The number of hydrogen-bond donors (Lipinski definition) is 2. The van der Waals surface area contributed by atoms with Crippen LogP contribution in [0, 0.1) is 5.88 Å². The van der Waals surface area contributed by atoms with Gasteiger partial charge in [0.1, 0.15) is 22.6 Å². The Balaban J connectivity index is 0.00000278. The number of benzene rings is 4. The minimum Gasteiger partial charge on any atom is -0.324 e. The second-order valence-corrected chi connectivity index (χ2v) is 10.3. The van der Waals surface area contributed by atoms with Crippen LogP contribution in [0.4, 0.5) is 0 Å². The molecule has 8 nitrogen and oxygen atoms in total. The number of nitrogens with one attached hydrogen (secondary N) is 2. The average Bonchev–Trinajstić information content (AvgIpc) is 3.76. The molecular weight excluding hydrogens is 607 g/mol. The van der Waals surface area contributed by atoms with Crippen molar-refractivity contribution in [2.75, 3.05) is 0 Å². The topological polar surface area (TPSA) is 109 Å². The predicted octanol–water partition coefficient (Wildman–Crippen LogP) is 7.62. The van der Waals surface area contributed by atoms with Gasteiger partial charge >= 0.3 is 0 Å². The molecule has 2 N–H and O–H groups in total. The van der Waals surface area contributed by atoms with Gasteiger partial charge < -0.3 is 9.97 Å². The molecule has 7 aromatic rings. The van der Waals surface area contributed by atoms with E-state index in [4.69, 9.17) is 41.5 Å². The Morgan fingerprint density at radius 2 is 0.837 bits per heavy atom. The predicted molar refractivity (Wildman–Crippen MR) is 165 cm³/mol. The second-order valence-electron chi connectivity index (χ2n) is 10.1. The summed E-state index contributed by atoms with van der Waals surface area (Å²) in [6.45, 7) is 0. The number of halogens is 1. The molecule has 2 radical (unpaired) electrons. The summed E-state index contributed by atoms with van der Waals surface area (Å²) in [6, 6.07) is 29.9. The minimum atomic E-state index is 0. The maximum atomic E-state index is 6.30. The second kappa shape index (κ2) is 9.81.